The van der Waals surface area contributed by atoms with Crippen molar-refractivity contribution in [3.8, 4) is 0 Å². The van der Waals surface area contributed by atoms with Gasteiger partial charge in [0.2, 0.25) is 5.91 Å². The first-order valence-electron chi connectivity index (χ1n) is 10.1. The van der Waals surface area contributed by atoms with E-state index in [1.807, 2.05) is 16.8 Å². The van der Waals surface area contributed by atoms with Gasteiger partial charge in [-0.2, -0.15) is 0 Å². The average Bonchev–Trinajstić information content (AvgIpc) is 3.33. The Morgan fingerprint density at radius 2 is 1.94 bits per heavy atom. The second-order valence-corrected chi connectivity index (χ2v) is 7.11. The van der Waals surface area contributed by atoms with Crippen molar-refractivity contribution in [2.24, 2.45) is 0 Å². The molecule has 0 saturated carbocycles. The Morgan fingerprint density at radius 3 is 2.74 bits per heavy atom. The zero-order valence-electron chi connectivity index (χ0n) is 17.0. The van der Waals surface area contributed by atoms with E-state index in [9.17, 15) is 9.59 Å². The van der Waals surface area contributed by atoms with E-state index < -0.39 is 0 Å². The maximum Gasteiger partial charge on any atom is 0.255 e. The Balaban J connectivity index is 1.40. The van der Waals surface area contributed by atoms with Crippen molar-refractivity contribution < 1.29 is 14.3 Å². The van der Waals surface area contributed by atoms with Gasteiger partial charge in [0.25, 0.3) is 5.91 Å². The van der Waals surface area contributed by atoms with Crippen LogP contribution in [-0.2, 0) is 16.1 Å². The zero-order chi connectivity index (χ0) is 21.5. The molecule has 2 aromatic heterocycles. The quantitative estimate of drug-likeness (QED) is 0.609. The molecule has 1 fully saturated rings. The highest BCUT2D eigenvalue weighted by molar-refractivity contribution is 6.06. The number of ether oxygens (including phenoxy) is 1. The lowest BCUT2D eigenvalue weighted by atomic mass is 10.1. The van der Waals surface area contributed by atoms with Gasteiger partial charge in [-0.15, -0.1) is 0 Å². The van der Waals surface area contributed by atoms with E-state index in [1.54, 1.807) is 49.1 Å². The van der Waals surface area contributed by atoms with Gasteiger partial charge >= 0.3 is 0 Å². The zero-order valence-corrected chi connectivity index (χ0v) is 17.0. The van der Waals surface area contributed by atoms with Crippen LogP contribution in [0.15, 0.2) is 61.3 Å². The number of nitrogens with one attached hydrogen (secondary N) is 2. The summed E-state index contributed by atoms with van der Waals surface area (Å²) in [6.07, 6.45) is 7.17. The van der Waals surface area contributed by atoms with E-state index in [1.165, 1.54) is 0 Å². The van der Waals surface area contributed by atoms with Crippen LogP contribution in [0.1, 0.15) is 16.8 Å². The number of rotatable bonds is 7. The van der Waals surface area contributed by atoms with Crippen LogP contribution in [0.25, 0.3) is 0 Å². The number of amides is 2. The number of hydrogen-bond acceptors (Lipinski definition) is 6. The summed E-state index contributed by atoms with van der Waals surface area (Å²) in [4.78, 5) is 35.6. The molecule has 0 atom stereocenters. The number of pyridine rings is 1. The highest BCUT2D eigenvalue weighted by Crippen LogP contribution is 2.24. The fraction of sp³-hybridized carbons (Fsp3) is 0.273. The predicted octanol–water partition coefficient (Wildman–Crippen LogP) is 2.40. The number of carbonyl (C=O) groups is 2. The average molecular weight is 420 g/mol. The van der Waals surface area contributed by atoms with E-state index in [4.69, 9.17) is 4.74 Å². The molecular formula is C22H24N6O3. The molecule has 1 saturated heterocycles. The number of aromatic nitrogens is 3. The second kappa shape index (κ2) is 9.86. The summed E-state index contributed by atoms with van der Waals surface area (Å²) in [5.74, 6) is 0.327. The fourth-order valence-electron chi connectivity index (χ4n) is 3.33. The van der Waals surface area contributed by atoms with Crippen LogP contribution in [0.2, 0.25) is 0 Å². The van der Waals surface area contributed by atoms with Gasteiger partial charge < -0.3 is 24.8 Å². The Hall–Kier alpha value is -3.72. The van der Waals surface area contributed by atoms with Gasteiger partial charge in [-0.1, -0.05) is 6.07 Å². The molecule has 9 heteroatoms. The van der Waals surface area contributed by atoms with Crippen molar-refractivity contribution in [2.75, 3.05) is 41.8 Å². The minimum atomic E-state index is -0.267. The first-order valence-corrected chi connectivity index (χ1v) is 10.1. The number of nitrogens with zero attached hydrogens (tertiary/aromatic N) is 4. The number of aryl methyl sites for hydroxylation is 1. The van der Waals surface area contributed by atoms with Gasteiger partial charge in [-0.3, -0.25) is 9.59 Å². The van der Waals surface area contributed by atoms with Crippen LogP contribution < -0.4 is 15.5 Å². The largest absolute Gasteiger partial charge is 0.378 e. The summed E-state index contributed by atoms with van der Waals surface area (Å²) in [5.41, 5.74) is 1.66. The summed E-state index contributed by atoms with van der Waals surface area (Å²) in [5, 5.41) is 5.78. The molecule has 1 aliphatic rings. The lowest BCUT2D eigenvalue weighted by molar-refractivity contribution is -0.116. The fourth-order valence-corrected chi connectivity index (χ4v) is 3.33. The molecule has 0 radical (unpaired) electrons. The predicted molar refractivity (Wildman–Crippen MR) is 117 cm³/mol. The highest BCUT2D eigenvalue weighted by atomic mass is 16.5. The Bertz CT molecular complexity index is 1030. The van der Waals surface area contributed by atoms with Crippen LogP contribution in [0.4, 0.5) is 17.2 Å². The number of benzene rings is 1. The minimum absolute atomic E-state index is 0.131. The maximum absolute atomic E-state index is 12.9. The smallest absolute Gasteiger partial charge is 0.255 e. The number of hydrogen-bond donors (Lipinski definition) is 2. The number of morpholine rings is 1. The monoisotopic (exact) mass is 420 g/mol. The molecule has 4 rings (SSSR count). The van der Waals surface area contributed by atoms with Gasteiger partial charge in [-0.25, -0.2) is 9.97 Å². The standard InChI is InChI=1S/C22H24N6O3/c29-20(6-9-27-10-8-23-16-27)25-18-4-1-3-17(15-18)22(30)26-19-5-2-7-24-21(19)28-11-13-31-14-12-28/h1-5,7-8,10,15-16H,6,9,11-14H2,(H,25,29)(H,26,30). The molecule has 3 aromatic rings. The van der Waals surface area contributed by atoms with E-state index in [2.05, 4.69) is 25.5 Å². The van der Waals surface area contributed by atoms with Crippen molar-refractivity contribution in [1.29, 1.82) is 0 Å². The molecule has 2 N–H and O–H groups in total. The normalized spacial score (nSPS) is 13.6. The van der Waals surface area contributed by atoms with Gasteiger partial charge in [0.1, 0.15) is 0 Å². The highest BCUT2D eigenvalue weighted by Gasteiger charge is 2.18. The molecule has 31 heavy (non-hydrogen) atoms. The molecule has 0 spiro atoms. The summed E-state index contributed by atoms with van der Waals surface area (Å²) in [7, 11) is 0. The van der Waals surface area contributed by atoms with Crippen molar-refractivity contribution in [3.05, 3.63) is 66.9 Å². The Labute approximate surface area is 180 Å². The molecule has 0 aliphatic carbocycles. The van der Waals surface area contributed by atoms with Crippen LogP contribution in [0, 0.1) is 0 Å². The molecular weight excluding hydrogens is 396 g/mol. The number of carbonyl (C=O) groups excluding carboxylic acids is 2. The van der Waals surface area contributed by atoms with Crippen molar-refractivity contribution >= 4 is 29.0 Å². The summed E-state index contributed by atoms with van der Waals surface area (Å²) >= 11 is 0. The third-order valence-electron chi connectivity index (χ3n) is 4.91. The van der Waals surface area contributed by atoms with E-state index in [0.29, 0.717) is 43.1 Å². The number of anilines is 3. The van der Waals surface area contributed by atoms with Crippen LogP contribution in [-0.4, -0.2) is 52.7 Å². The summed E-state index contributed by atoms with van der Waals surface area (Å²) in [6.45, 7) is 3.25. The van der Waals surface area contributed by atoms with Crippen molar-refractivity contribution in [1.82, 2.24) is 14.5 Å². The Morgan fingerprint density at radius 1 is 1.06 bits per heavy atom. The molecule has 9 nitrogen and oxygen atoms in total. The lowest BCUT2D eigenvalue weighted by Gasteiger charge is -2.29. The molecule has 1 aliphatic heterocycles. The topological polar surface area (TPSA) is 101 Å². The third-order valence-corrected chi connectivity index (χ3v) is 4.91. The van der Waals surface area contributed by atoms with Gasteiger partial charge in [0.15, 0.2) is 5.82 Å². The molecule has 2 amide bonds. The molecule has 0 unspecified atom stereocenters. The SMILES string of the molecule is O=C(CCn1ccnc1)Nc1cccc(C(=O)Nc2cccnc2N2CCOCC2)c1. The first kappa shape index (κ1) is 20.5. The molecule has 160 valence electrons. The van der Waals surface area contributed by atoms with Crippen molar-refractivity contribution in [2.45, 2.75) is 13.0 Å². The van der Waals surface area contributed by atoms with Crippen LogP contribution >= 0.6 is 0 Å². The molecule has 1 aromatic carbocycles. The summed E-state index contributed by atoms with van der Waals surface area (Å²) < 4.78 is 7.24. The lowest BCUT2D eigenvalue weighted by Crippen LogP contribution is -2.37. The molecule has 0 bridgehead atoms. The maximum atomic E-state index is 12.9. The Kier molecular flexibility index (Phi) is 6.53. The van der Waals surface area contributed by atoms with Crippen LogP contribution in [0.3, 0.4) is 0 Å². The third kappa shape index (κ3) is 5.46. The summed E-state index contributed by atoms with van der Waals surface area (Å²) in [6, 6.07) is 10.5. The van der Waals surface area contributed by atoms with Crippen molar-refractivity contribution in [3.63, 3.8) is 0 Å². The van der Waals surface area contributed by atoms with Gasteiger partial charge in [0, 0.05) is 55.9 Å². The van der Waals surface area contributed by atoms with Gasteiger partial charge in [0.05, 0.1) is 25.2 Å². The van der Waals surface area contributed by atoms with Crippen LogP contribution in [0.5, 0.6) is 0 Å². The van der Waals surface area contributed by atoms with Gasteiger partial charge in [-0.05, 0) is 30.3 Å². The van der Waals surface area contributed by atoms with E-state index >= 15 is 0 Å². The minimum Gasteiger partial charge on any atom is -0.378 e. The molecule has 3 heterocycles. The number of imidazole rings is 1. The van der Waals surface area contributed by atoms with E-state index in [-0.39, 0.29) is 11.8 Å². The van der Waals surface area contributed by atoms with E-state index in [0.717, 1.165) is 18.9 Å². The first-order chi connectivity index (χ1) is 15.2. The second-order valence-electron chi connectivity index (χ2n) is 7.11.